The zero-order valence-corrected chi connectivity index (χ0v) is 15.2. The van der Waals surface area contributed by atoms with E-state index in [1.165, 1.54) is 0 Å². The molecule has 25 heavy (non-hydrogen) atoms. The predicted molar refractivity (Wildman–Crippen MR) is 97.5 cm³/mol. The SMILES string of the molecule is C=CC(=O)OCCC[Si](OC)(Oc1ccccc1)Oc1ccccc1. The van der Waals surface area contributed by atoms with E-state index in [9.17, 15) is 4.79 Å². The lowest BCUT2D eigenvalue weighted by atomic mass is 10.3. The highest BCUT2D eigenvalue weighted by Crippen LogP contribution is 2.24. The van der Waals surface area contributed by atoms with E-state index in [-0.39, 0.29) is 6.61 Å². The van der Waals surface area contributed by atoms with E-state index < -0.39 is 14.8 Å². The second-order valence-electron chi connectivity index (χ2n) is 5.19. The fourth-order valence-electron chi connectivity index (χ4n) is 2.16. The molecule has 0 atom stereocenters. The summed E-state index contributed by atoms with van der Waals surface area (Å²) in [6, 6.07) is 19.3. The van der Waals surface area contributed by atoms with Gasteiger partial charge in [-0.15, -0.1) is 0 Å². The van der Waals surface area contributed by atoms with E-state index in [1.54, 1.807) is 7.11 Å². The molecule has 0 aromatic heterocycles. The topological polar surface area (TPSA) is 54.0 Å². The molecule has 2 aromatic carbocycles. The second kappa shape index (κ2) is 9.66. The molecule has 0 fully saturated rings. The van der Waals surface area contributed by atoms with Crippen molar-refractivity contribution in [3.63, 3.8) is 0 Å². The molecule has 0 bridgehead atoms. The molecule has 0 radical (unpaired) electrons. The van der Waals surface area contributed by atoms with Crippen LogP contribution in [0, 0.1) is 0 Å². The maximum absolute atomic E-state index is 11.2. The fourth-order valence-corrected chi connectivity index (χ4v) is 4.35. The summed E-state index contributed by atoms with van der Waals surface area (Å²) in [6.07, 6.45) is 1.70. The van der Waals surface area contributed by atoms with Crippen molar-refractivity contribution < 1.29 is 22.8 Å². The van der Waals surface area contributed by atoms with Gasteiger partial charge in [0.05, 0.1) is 6.61 Å². The summed E-state index contributed by atoms with van der Waals surface area (Å²) in [5, 5.41) is 0. The Kier molecular flexibility index (Phi) is 7.25. The maximum Gasteiger partial charge on any atom is 0.632 e. The number of carbonyl (C=O) groups is 1. The van der Waals surface area contributed by atoms with Crippen LogP contribution in [0.15, 0.2) is 73.3 Å². The van der Waals surface area contributed by atoms with Crippen molar-refractivity contribution in [2.45, 2.75) is 12.5 Å². The first-order chi connectivity index (χ1) is 12.2. The largest absolute Gasteiger partial charge is 0.632 e. The van der Waals surface area contributed by atoms with Gasteiger partial charge in [-0.05, 0) is 30.7 Å². The summed E-state index contributed by atoms with van der Waals surface area (Å²) in [4.78, 5) is 11.2. The van der Waals surface area contributed by atoms with Gasteiger partial charge < -0.3 is 18.0 Å². The van der Waals surface area contributed by atoms with E-state index in [0.717, 1.165) is 6.08 Å². The number of rotatable bonds is 10. The van der Waals surface area contributed by atoms with Crippen LogP contribution in [0.3, 0.4) is 0 Å². The Hall–Kier alpha value is -2.57. The minimum atomic E-state index is -3.05. The van der Waals surface area contributed by atoms with Crippen LogP contribution in [0.2, 0.25) is 6.04 Å². The van der Waals surface area contributed by atoms with Crippen LogP contribution in [0.25, 0.3) is 0 Å². The summed E-state index contributed by atoms with van der Waals surface area (Å²) in [5.74, 6) is 0.905. The van der Waals surface area contributed by atoms with Gasteiger partial charge >= 0.3 is 14.8 Å². The smallest absolute Gasteiger partial charge is 0.492 e. The Morgan fingerprint density at radius 2 is 1.52 bits per heavy atom. The molecule has 0 aliphatic carbocycles. The van der Waals surface area contributed by atoms with Crippen molar-refractivity contribution in [2.75, 3.05) is 13.7 Å². The lowest BCUT2D eigenvalue weighted by Gasteiger charge is -2.28. The predicted octanol–water partition coefficient (Wildman–Crippen LogP) is 3.85. The maximum atomic E-state index is 11.2. The van der Waals surface area contributed by atoms with Crippen molar-refractivity contribution >= 4 is 14.8 Å². The van der Waals surface area contributed by atoms with E-state index in [0.29, 0.717) is 24.0 Å². The summed E-state index contributed by atoms with van der Waals surface area (Å²) in [6.45, 7) is 3.63. The molecule has 0 amide bonds. The van der Waals surface area contributed by atoms with Gasteiger partial charge in [0.15, 0.2) is 0 Å². The van der Waals surface area contributed by atoms with E-state index in [2.05, 4.69) is 6.58 Å². The standard InChI is InChI=1S/C19H22O5Si/c1-3-19(20)22-15-10-16-25(21-2,23-17-11-6-4-7-12-17)24-18-13-8-5-9-14-18/h3-9,11-14H,1,10,15-16H2,2H3. The number of hydrogen-bond donors (Lipinski definition) is 0. The molecule has 0 N–H and O–H groups in total. The van der Waals surface area contributed by atoms with Gasteiger partial charge in [0.2, 0.25) is 0 Å². The number of para-hydroxylation sites is 2. The van der Waals surface area contributed by atoms with Crippen LogP contribution in [0.5, 0.6) is 11.5 Å². The highest BCUT2D eigenvalue weighted by molar-refractivity contribution is 6.62. The highest BCUT2D eigenvalue weighted by atomic mass is 28.4. The van der Waals surface area contributed by atoms with Gasteiger partial charge in [0, 0.05) is 19.2 Å². The minimum absolute atomic E-state index is 0.249. The zero-order chi connectivity index (χ0) is 18.0. The molecule has 0 saturated carbocycles. The Bertz CT molecular complexity index is 619. The van der Waals surface area contributed by atoms with E-state index in [1.807, 2.05) is 60.7 Å². The van der Waals surface area contributed by atoms with Gasteiger partial charge in [-0.2, -0.15) is 0 Å². The molecule has 0 heterocycles. The summed E-state index contributed by atoms with van der Waals surface area (Å²) >= 11 is 0. The van der Waals surface area contributed by atoms with Crippen molar-refractivity contribution in [1.82, 2.24) is 0 Å². The number of esters is 1. The van der Waals surface area contributed by atoms with Crippen molar-refractivity contribution in [3.05, 3.63) is 73.3 Å². The Labute approximate surface area is 149 Å². The molecule has 5 nitrogen and oxygen atoms in total. The lowest BCUT2D eigenvalue weighted by molar-refractivity contribution is -0.137. The molecule has 2 aromatic rings. The van der Waals surface area contributed by atoms with Crippen LogP contribution in [0.4, 0.5) is 0 Å². The molecule has 0 spiro atoms. The van der Waals surface area contributed by atoms with Crippen molar-refractivity contribution in [2.24, 2.45) is 0 Å². The average Bonchev–Trinajstić information content (AvgIpc) is 2.66. The highest BCUT2D eigenvalue weighted by Gasteiger charge is 2.45. The van der Waals surface area contributed by atoms with Gasteiger partial charge in [0.25, 0.3) is 0 Å². The monoisotopic (exact) mass is 358 g/mol. The molecule has 0 aliphatic rings. The van der Waals surface area contributed by atoms with Gasteiger partial charge in [-0.1, -0.05) is 43.0 Å². The number of ether oxygens (including phenoxy) is 1. The third-order valence-electron chi connectivity index (χ3n) is 3.38. The molecule has 132 valence electrons. The van der Waals surface area contributed by atoms with Crippen LogP contribution in [-0.4, -0.2) is 28.5 Å². The molecular formula is C19H22O5Si. The van der Waals surface area contributed by atoms with Crippen LogP contribution in [0.1, 0.15) is 6.42 Å². The minimum Gasteiger partial charge on any atom is -0.492 e. The van der Waals surface area contributed by atoms with Gasteiger partial charge in [0.1, 0.15) is 11.5 Å². The molecule has 2 rings (SSSR count). The third-order valence-corrected chi connectivity index (χ3v) is 6.06. The summed E-state index contributed by atoms with van der Waals surface area (Å²) in [5.41, 5.74) is 0. The first-order valence-electron chi connectivity index (χ1n) is 8.00. The Morgan fingerprint density at radius 3 is 1.96 bits per heavy atom. The van der Waals surface area contributed by atoms with E-state index in [4.69, 9.17) is 18.0 Å². The first kappa shape index (κ1) is 18.8. The zero-order valence-electron chi connectivity index (χ0n) is 14.2. The van der Waals surface area contributed by atoms with Crippen LogP contribution >= 0.6 is 0 Å². The number of benzene rings is 2. The molecule has 0 aliphatic heterocycles. The van der Waals surface area contributed by atoms with Gasteiger partial charge in [-0.3, -0.25) is 0 Å². The number of carbonyl (C=O) groups excluding carboxylic acids is 1. The molecule has 0 saturated heterocycles. The van der Waals surface area contributed by atoms with Crippen molar-refractivity contribution in [1.29, 1.82) is 0 Å². The molecule has 0 unspecified atom stereocenters. The Balaban J connectivity index is 2.10. The number of hydrogen-bond acceptors (Lipinski definition) is 5. The summed E-state index contributed by atoms with van der Waals surface area (Å²) < 4.78 is 23.0. The van der Waals surface area contributed by atoms with Crippen LogP contribution < -0.4 is 8.85 Å². The lowest BCUT2D eigenvalue weighted by Crippen LogP contribution is -2.51. The fraction of sp³-hybridized carbons (Fsp3) is 0.211. The third kappa shape index (κ3) is 6.09. The molecule has 6 heteroatoms. The van der Waals surface area contributed by atoms with Gasteiger partial charge in [-0.25, -0.2) is 4.79 Å². The average molecular weight is 358 g/mol. The Morgan fingerprint density at radius 1 is 1.00 bits per heavy atom. The second-order valence-corrected chi connectivity index (χ2v) is 7.88. The van der Waals surface area contributed by atoms with E-state index >= 15 is 0 Å². The normalized spacial score (nSPS) is 10.8. The van der Waals surface area contributed by atoms with Crippen molar-refractivity contribution in [3.8, 4) is 11.5 Å². The summed E-state index contributed by atoms with van der Waals surface area (Å²) in [7, 11) is -1.47. The molecular weight excluding hydrogens is 336 g/mol. The van der Waals surface area contributed by atoms with Crippen LogP contribution in [-0.2, 0) is 14.0 Å². The quantitative estimate of drug-likeness (QED) is 0.279. The first-order valence-corrected chi connectivity index (χ1v) is 9.93.